The molecule has 1 saturated heterocycles. The Bertz CT molecular complexity index is 1050. The maximum Gasteiger partial charge on any atom is 0.295 e. The minimum absolute atomic E-state index is 0.0225. The molecule has 2 aromatic rings. The fourth-order valence-electron chi connectivity index (χ4n) is 3.83. The molecule has 8 heteroatoms. The number of aliphatic hydroxyl groups is 1. The number of carbonyl (C=O) groups excluding carboxylic acids is 2. The predicted molar refractivity (Wildman–Crippen MR) is 123 cm³/mol. The SMILES string of the molecule is COc1ccc(C(O)=C2C(=O)C(=O)N(CCCN(C)C)[C@@H]2c2cccc(Cl)c2)cc1OC. The van der Waals surface area contributed by atoms with Crippen molar-refractivity contribution < 1.29 is 24.2 Å². The van der Waals surface area contributed by atoms with Crippen LogP contribution in [0.15, 0.2) is 48.0 Å². The number of aliphatic hydroxyl groups excluding tert-OH is 1. The summed E-state index contributed by atoms with van der Waals surface area (Å²) in [7, 11) is 6.88. The van der Waals surface area contributed by atoms with Crippen molar-refractivity contribution in [2.45, 2.75) is 12.5 Å². The normalized spacial score (nSPS) is 17.8. The summed E-state index contributed by atoms with van der Waals surface area (Å²) < 4.78 is 10.6. The molecule has 170 valence electrons. The number of halogens is 1. The second-order valence-corrected chi connectivity index (χ2v) is 8.21. The van der Waals surface area contributed by atoms with Crippen molar-refractivity contribution >= 4 is 29.1 Å². The number of ketones is 1. The lowest BCUT2D eigenvalue weighted by Crippen LogP contribution is -2.32. The van der Waals surface area contributed by atoms with E-state index in [0.717, 1.165) is 6.54 Å². The van der Waals surface area contributed by atoms with Crippen LogP contribution in [-0.2, 0) is 9.59 Å². The molecular weight excluding hydrogens is 432 g/mol. The summed E-state index contributed by atoms with van der Waals surface area (Å²) in [5.41, 5.74) is 1.03. The first-order valence-corrected chi connectivity index (χ1v) is 10.6. The third kappa shape index (κ3) is 4.74. The molecule has 1 fully saturated rings. The number of benzene rings is 2. The molecule has 1 aliphatic rings. The summed E-state index contributed by atoms with van der Waals surface area (Å²) >= 11 is 6.20. The molecule has 0 aliphatic carbocycles. The molecule has 0 radical (unpaired) electrons. The standard InChI is InChI=1S/C24H27ClN2O5/c1-26(2)11-6-12-27-21(15-7-5-8-17(25)13-15)20(23(29)24(27)30)22(28)16-9-10-18(31-3)19(14-16)32-4/h5,7-10,13-14,21,28H,6,11-12H2,1-4H3/t21-/m1/s1. The van der Waals surface area contributed by atoms with Crippen molar-refractivity contribution in [3.8, 4) is 11.5 Å². The zero-order valence-electron chi connectivity index (χ0n) is 18.6. The van der Waals surface area contributed by atoms with Gasteiger partial charge in [-0.25, -0.2) is 0 Å². The third-order valence-electron chi connectivity index (χ3n) is 5.37. The summed E-state index contributed by atoms with van der Waals surface area (Å²) in [6.45, 7) is 1.11. The summed E-state index contributed by atoms with van der Waals surface area (Å²) in [5, 5.41) is 11.6. The second-order valence-electron chi connectivity index (χ2n) is 7.77. The second kappa shape index (κ2) is 10.1. The molecule has 7 nitrogen and oxygen atoms in total. The van der Waals surface area contributed by atoms with Gasteiger partial charge in [0.05, 0.1) is 25.8 Å². The van der Waals surface area contributed by atoms with E-state index in [1.807, 2.05) is 19.0 Å². The van der Waals surface area contributed by atoms with E-state index in [0.29, 0.717) is 40.6 Å². The van der Waals surface area contributed by atoms with Gasteiger partial charge in [-0.05, 0) is 63.0 Å². The van der Waals surface area contributed by atoms with Gasteiger partial charge in [-0.2, -0.15) is 0 Å². The number of ether oxygens (including phenoxy) is 2. The van der Waals surface area contributed by atoms with Crippen molar-refractivity contribution in [1.82, 2.24) is 9.80 Å². The minimum Gasteiger partial charge on any atom is -0.507 e. The first kappa shape index (κ1) is 23.6. The average molecular weight is 459 g/mol. The van der Waals surface area contributed by atoms with Gasteiger partial charge < -0.3 is 24.4 Å². The minimum atomic E-state index is -0.746. The van der Waals surface area contributed by atoms with Gasteiger partial charge >= 0.3 is 0 Å². The highest BCUT2D eigenvalue weighted by Crippen LogP contribution is 2.41. The topological polar surface area (TPSA) is 79.3 Å². The van der Waals surface area contributed by atoms with Gasteiger partial charge in [0, 0.05) is 17.1 Å². The lowest BCUT2D eigenvalue weighted by Gasteiger charge is -2.26. The largest absolute Gasteiger partial charge is 0.507 e. The molecule has 0 saturated carbocycles. The van der Waals surface area contributed by atoms with Crippen LogP contribution in [0.25, 0.3) is 5.76 Å². The highest BCUT2D eigenvalue weighted by molar-refractivity contribution is 6.46. The molecule has 1 heterocycles. The van der Waals surface area contributed by atoms with Crippen LogP contribution in [-0.4, -0.2) is 68.0 Å². The number of methoxy groups -OCH3 is 2. The smallest absolute Gasteiger partial charge is 0.295 e. The Morgan fingerprint density at radius 2 is 1.81 bits per heavy atom. The molecular formula is C24H27ClN2O5. The van der Waals surface area contributed by atoms with E-state index >= 15 is 0 Å². The van der Waals surface area contributed by atoms with Crippen molar-refractivity contribution in [3.05, 3.63) is 64.2 Å². The Kier molecular flexibility index (Phi) is 7.43. The zero-order valence-corrected chi connectivity index (χ0v) is 19.3. The number of nitrogens with zero attached hydrogens (tertiary/aromatic N) is 2. The van der Waals surface area contributed by atoms with Gasteiger partial charge in [0.15, 0.2) is 11.5 Å². The maximum absolute atomic E-state index is 13.1. The number of carbonyl (C=O) groups is 2. The van der Waals surface area contributed by atoms with E-state index in [4.69, 9.17) is 21.1 Å². The summed E-state index contributed by atoms with van der Waals surface area (Å²) in [4.78, 5) is 29.5. The highest BCUT2D eigenvalue weighted by atomic mass is 35.5. The van der Waals surface area contributed by atoms with Gasteiger partial charge in [0.1, 0.15) is 5.76 Å². The first-order chi connectivity index (χ1) is 15.3. The summed E-state index contributed by atoms with van der Waals surface area (Å²) in [5.74, 6) is -0.761. The number of amides is 1. The van der Waals surface area contributed by atoms with Crippen LogP contribution < -0.4 is 9.47 Å². The lowest BCUT2D eigenvalue weighted by molar-refractivity contribution is -0.139. The van der Waals surface area contributed by atoms with Gasteiger partial charge in [-0.15, -0.1) is 0 Å². The summed E-state index contributed by atoms with van der Waals surface area (Å²) in [6.07, 6.45) is 0.674. The molecule has 32 heavy (non-hydrogen) atoms. The first-order valence-electron chi connectivity index (χ1n) is 10.2. The van der Waals surface area contributed by atoms with Gasteiger partial charge in [-0.3, -0.25) is 9.59 Å². The highest BCUT2D eigenvalue weighted by Gasteiger charge is 2.45. The molecule has 0 unspecified atom stereocenters. The van der Waals surface area contributed by atoms with Crippen LogP contribution >= 0.6 is 11.6 Å². The quantitative estimate of drug-likeness (QED) is 0.369. The Hall–Kier alpha value is -3.03. The van der Waals surface area contributed by atoms with E-state index < -0.39 is 17.7 Å². The Labute approximate surface area is 192 Å². The van der Waals surface area contributed by atoms with Gasteiger partial charge in [0.25, 0.3) is 11.7 Å². The van der Waals surface area contributed by atoms with Crippen molar-refractivity contribution in [1.29, 1.82) is 0 Å². The molecule has 0 aromatic heterocycles. The molecule has 2 aromatic carbocycles. The third-order valence-corrected chi connectivity index (χ3v) is 5.60. The van der Waals surface area contributed by atoms with Crippen LogP contribution in [0, 0.1) is 0 Å². The van der Waals surface area contributed by atoms with Crippen molar-refractivity contribution in [2.75, 3.05) is 41.4 Å². The van der Waals surface area contributed by atoms with Gasteiger partial charge in [0.2, 0.25) is 0 Å². The molecule has 1 atom stereocenters. The summed E-state index contributed by atoms with van der Waals surface area (Å²) in [6, 6.07) is 11.1. The van der Waals surface area contributed by atoms with E-state index in [9.17, 15) is 14.7 Å². The number of Topliss-reactive ketones (excluding diaryl/α,β-unsaturated/α-hetero) is 1. The lowest BCUT2D eigenvalue weighted by atomic mass is 9.95. The monoisotopic (exact) mass is 458 g/mol. The molecule has 1 amide bonds. The van der Waals surface area contributed by atoms with E-state index in [1.54, 1.807) is 42.5 Å². The van der Waals surface area contributed by atoms with E-state index in [2.05, 4.69) is 0 Å². The fourth-order valence-corrected chi connectivity index (χ4v) is 4.03. The molecule has 1 N–H and O–H groups in total. The molecule has 0 bridgehead atoms. The number of likely N-dealkylation sites (tertiary alicyclic amines) is 1. The van der Waals surface area contributed by atoms with Crippen molar-refractivity contribution in [3.63, 3.8) is 0 Å². The zero-order chi connectivity index (χ0) is 23.4. The Balaban J connectivity index is 2.12. The fraction of sp³-hybridized carbons (Fsp3) is 0.333. The van der Waals surface area contributed by atoms with Crippen LogP contribution in [0.1, 0.15) is 23.6 Å². The molecule has 1 aliphatic heterocycles. The average Bonchev–Trinajstić information content (AvgIpc) is 3.02. The van der Waals surface area contributed by atoms with Crippen LogP contribution in [0.3, 0.4) is 0 Å². The predicted octanol–water partition coefficient (Wildman–Crippen LogP) is 3.73. The Morgan fingerprint density at radius 1 is 1.09 bits per heavy atom. The number of hydrogen-bond donors (Lipinski definition) is 1. The molecule has 3 rings (SSSR count). The maximum atomic E-state index is 13.1. The van der Waals surface area contributed by atoms with Gasteiger partial charge in [-0.1, -0.05) is 23.7 Å². The number of rotatable bonds is 8. The Morgan fingerprint density at radius 3 is 2.44 bits per heavy atom. The van der Waals surface area contributed by atoms with Crippen LogP contribution in [0.2, 0.25) is 5.02 Å². The van der Waals surface area contributed by atoms with Crippen LogP contribution in [0.4, 0.5) is 0 Å². The van der Waals surface area contributed by atoms with E-state index in [1.165, 1.54) is 19.1 Å². The number of hydrogen-bond acceptors (Lipinski definition) is 6. The van der Waals surface area contributed by atoms with Crippen molar-refractivity contribution in [2.24, 2.45) is 0 Å². The molecule has 0 spiro atoms. The van der Waals surface area contributed by atoms with E-state index in [-0.39, 0.29) is 11.3 Å². The van der Waals surface area contributed by atoms with Crippen LogP contribution in [0.5, 0.6) is 11.5 Å².